The van der Waals surface area contributed by atoms with Crippen LogP contribution in [0.3, 0.4) is 0 Å². The Kier molecular flexibility index (Phi) is 4.33. The van der Waals surface area contributed by atoms with E-state index in [1.54, 1.807) is 24.3 Å². The molecule has 0 aliphatic heterocycles. The summed E-state index contributed by atoms with van der Waals surface area (Å²) in [5, 5.41) is 0.509. The van der Waals surface area contributed by atoms with Crippen molar-refractivity contribution in [3.05, 3.63) is 30.3 Å². The molecule has 0 bridgehead atoms. The maximum atomic E-state index is 11.0. The van der Waals surface area contributed by atoms with Gasteiger partial charge in [-0.2, -0.15) is 0 Å². The monoisotopic (exact) mass is 182 g/mol. The van der Waals surface area contributed by atoms with E-state index in [1.165, 1.54) is 6.66 Å². The van der Waals surface area contributed by atoms with Crippen molar-refractivity contribution in [2.45, 2.75) is 0 Å². The second-order valence-corrected chi connectivity index (χ2v) is 4.49. The molecule has 0 heterocycles. The summed E-state index contributed by atoms with van der Waals surface area (Å²) in [7, 11) is -3.02. The van der Waals surface area contributed by atoms with E-state index >= 15 is 0 Å². The molecule has 0 aromatic heterocycles. The quantitative estimate of drug-likeness (QED) is 0.521. The van der Waals surface area contributed by atoms with Crippen LogP contribution in [0.4, 0.5) is 0 Å². The van der Waals surface area contributed by atoms with Gasteiger partial charge in [-0.3, -0.25) is 4.57 Å². The van der Waals surface area contributed by atoms with Crippen LogP contribution in [0.5, 0.6) is 0 Å². The third-order valence-electron chi connectivity index (χ3n) is 1.24. The van der Waals surface area contributed by atoms with E-state index in [0.29, 0.717) is 5.30 Å². The first-order valence-electron chi connectivity index (χ1n) is 2.96. The molecule has 1 aromatic rings. The Morgan fingerprint density at radius 1 is 1.36 bits per heavy atom. The second-order valence-electron chi connectivity index (χ2n) is 2.21. The molecule has 0 spiro atoms. The summed E-state index contributed by atoms with van der Waals surface area (Å²) in [6, 6.07) is 8.63. The summed E-state index contributed by atoms with van der Waals surface area (Å²) in [5.74, 6) is 0. The SMILES string of the molecule is CP(=O)(O)c1ccccc1.[H-].[H-].[Mg+2]. The topological polar surface area (TPSA) is 37.3 Å². The van der Waals surface area contributed by atoms with E-state index < -0.39 is 7.37 Å². The van der Waals surface area contributed by atoms with Crippen LogP contribution >= 0.6 is 7.37 Å². The van der Waals surface area contributed by atoms with Gasteiger partial charge in [0.05, 0.1) is 0 Å². The van der Waals surface area contributed by atoms with Crippen molar-refractivity contribution in [3.63, 3.8) is 0 Å². The molecule has 0 fully saturated rings. The summed E-state index contributed by atoms with van der Waals surface area (Å²) in [6.07, 6.45) is 0. The molecule has 1 rings (SSSR count). The van der Waals surface area contributed by atoms with Gasteiger partial charge in [0.15, 0.2) is 0 Å². The molecule has 0 saturated carbocycles. The molecular weight excluding hydrogens is 171 g/mol. The Hall–Kier alpha value is 0.176. The summed E-state index contributed by atoms with van der Waals surface area (Å²) >= 11 is 0. The van der Waals surface area contributed by atoms with Crippen molar-refractivity contribution < 1.29 is 12.3 Å². The summed E-state index contributed by atoms with van der Waals surface area (Å²) in [5.41, 5.74) is 0. The smallest absolute Gasteiger partial charge is 1.00 e. The van der Waals surface area contributed by atoms with Gasteiger partial charge >= 0.3 is 23.1 Å². The first-order chi connectivity index (χ1) is 4.61. The molecule has 0 amide bonds. The predicted octanol–water partition coefficient (Wildman–Crippen LogP) is 1.06. The van der Waals surface area contributed by atoms with Gasteiger partial charge in [0.2, 0.25) is 7.37 Å². The van der Waals surface area contributed by atoms with Crippen LogP contribution in [0.25, 0.3) is 0 Å². The largest absolute Gasteiger partial charge is 2.00 e. The molecule has 2 nitrogen and oxygen atoms in total. The van der Waals surface area contributed by atoms with Gasteiger partial charge in [-0.05, 0) is 12.1 Å². The van der Waals surface area contributed by atoms with Crippen LogP contribution in [0, 0.1) is 0 Å². The molecular formula is C7H11MgO2P. The Morgan fingerprint density at radius 2 is 1.82 bits per heavy atom. The zero-order chi connectivity index (χ0) is 7.61. The Labute approximate surface area is 85.2 Å². The fourth-order valence-corrected chi connectivity index (χ4v) is 1.43. The van der Waals surface area contributed by atoms with Crippen molar-refractivity contribution in [1.82, 2.24) is 0 Å². The van der Waals surface area contributed by atoms with E-state index in [0.717, 1.165) is 0 Å². The van der Waals surface area contributed by atoms with Crippen LogP contribution < -0.4 is 5.30 Å². The molecule has 0 aliphatic carbocycles. The first kappa shape index (κ1) is 11.2. The number of hydrogen-bond acceptors (Lipinski definition) is 1. The molecule has 0 saturated heterocycles. The van der Waals surface area contributed by atoms with Gasteiger partial charge in [0, 0.05) is 12.0 Å². The molecule has 1 N–H and O–H groups in total. The van der Waals surface area contributed by atoms with Gasteiger partial charge in [-0.1, -0.05) is 18.2 Å². The van der Waals surface area contributed by atoms with E-state index in [1.807, 2.05) is 6.07 Å². The van der Waals surface area contributed by atoms with Gasteiger partial charge in [0.25, 0.3) is 0 Å². The van der Waals surface area contributed by atoms with E-state index in [9.17, 15) is 4.57 Å². The Bertz CT molecular complexity index is 262. The number of hydrogen-bond donors (Lipinski definition) is 1. The first-order valence-corrected chi connectivity index (χ1v) is 5.07. The molecule has 1 unspecified atom stereocenters. The second kappa shape index (κ2) is 4.26. The van der Waals surface area contributed by atoms with Gasteiger partial charge in [-0.15, -0.1) is 0 Å². The van der Waals surface area contributed by atoms with E-state index in [2.05, 4.69) is 0 Å². The normalized spacial score (nSPS) is 14.7. The molecule has 0 aliphatic rings. The maximum Gasteiger partial charge on any atom is 2.00 e. The number of rotatable bonds is 1. The molecule has 58 valence electrons. The van der Waals surface area contributed by atoms with Crippen molar-refractivity contribution in [2.75, 3.05) is 6.66 Å². The standard InChI is InChI=1S/C7H9O2P.Mg.2H/c1-10(8,9)7-5-3-2-4-6-7;;;/h2-6H,1H3,(H,8,9);;;/q;+2;2*-1. The van der Waals surface area contributed by atoms with Gasteiger partial charge in [0.1, 0.15) is 0 Å². The van der Waals surface area contributed by atoms with E-state index in [-0.39, 0.29) is 25.9 Å². The molecule has 4 heteroatoms. The predicted molar refractivity (Wildman–Crippen MR) is 49.8 cm³/mol. The Balaban J connectivity index is -0.000000333. The molecule has 11 heavy (non-hydrogen) atoms. The molecule has 0 radical (unpaired) electrons. The van der Waals surface area contributed by atoms with Crippen LogP contribution in [-0.4, -0.2) is 34.6 Å². The van der Waals surface area contributed by atoms with Crippen LogP contribution in [0.2, 0.25) is 0 Å². The van der Waals surface area contributed by atoms with Gasteiger partial charge < -0.3 is 7.75 Å². The fourth-order valence-electron chi connectivity index (χ4n) is 0.705. The average Bonchev–Trinajstić information content (AvgIpc) is 1.88. The minimum Gasteiger partial charge on any atom is -1.00 e. The van der Waals surface area contributed by atoms with Crippen LogP contribution in [0.1, 0.15) is 2.85 Å². The fraction of sp³-hybridized carbons (Fsp3) is 0.143. The van der Waals surface area contributed by atoms with Crippen molar-refractivity contribution >= 4 is 35.7 Å². The summed E-state index contributed by atoms with van der Waals surface area (Å²) < 4.78 is 11.0. The van der Waals surface area contributed by atoms with Crippen molar-refractivity contribution in [1.29, 1.82) is 0 Å². The van der Waals surface area contributed by atoms with E-state index in [4.69, 9.17) is 4.89 Å². The number of benzene rings is 1. The third-order valence-corrected chi connectivity index (χ3v) is 2.49. The average molecular weight is 182 g/mol. The van der Waals surface area contributed by atoms with Gasteiger partial charge in [-0.25, -0.2) is 0 Å². The van der Waals surface area contributed by atoms with Crippen LogP contribution in [-0.2, 0) is 4.57 Å². The minimum absolute atomic E-state index is 0. The third kappa shape index (κ3) is 3.39. The Morgan fingerprint density at radius 3 is 2.09 bits per heavy atom. The van der Waals surface area contributed by atoms with Crippen LogP contribution in [0.15, 0.2) is 30.3 Å². The zero-order valence-corrected chi connectivity index (χ0v) is 8.71. The van der Waals surface area contributed by atoms with Crippen molar-refractivity contribution in [3.8, 4) is 0 Å². The molecule has 1 aromatic carbocycles. The minimum atomic E-state index is -3.02. The zero-order valence-electron chi connectivity index (χ0n) is 8.40. The van der Waals surface area contributed by atoms with Crippen molar-refractivity contribution in [2.24, 2.45) is 0 Å². The summed E-state index contributed by atoms with van der Waals surface area (Å²) in [6.45, 7) is 1.34. The maximum absolute atomic E-state index is 11.0. The summed E-state index contributed by atoms with van der Waals surface area (Å²) in [4.78, 5) is 9.04. The molecule has 1 atom stereocenters.